The number of rotatable bonds is 3. The van der Waals surface area contributed by atoms with Gasteiger partial charge in [0.1, 0.15) is 5.82 Å². The Morgan fingerprint density at radius 3 is 3.07 bits per heavy atom. The van der Waals surface area contributed by atoms with E-state index in [1.165, 1.54) is 6.42 Å². The fraction of sp³-hybridized carbons (Fsp3) is 0.500. The minimum absolute atomic E-state index is 0.336. The van der Waals surface area contributed by atoms with Gasteiger partial charge in [0, 0.05) is 23.8 Å². The number of pyridine rings is 1. The summed E-state index contributed by atoms with van der Waals surface area (Å²) in [6.07, 6.45) is 4.42. The van der Waals surface area contributed by atoms with Crippen LogP contribution in [0.5, 0.6) is 0 Å². The van der Waals surface area contributed by atoms with Crippen LogP contribution in [-0.2, 0) is 4.74 Å². The largest absolute Gasteiger partial charge is 0.376 e. The highest BCUT2D eigenvalue weighted by Crippen LogP contribution is 2.24. The maximum absolute atomic E-state index is 5.52. The molecular weight excluding hydrogens is 324 g/mol. The fourth-order valence-corrected chi connectivity index (χ4v) is 2.69. The molecule has 5 heteroatoms. The van der Waals surface area contributed by atoms with E-state index in [-0.39, 0.29) is 0 Å². The van der Waals surface area contributed by atoms with E-state index in [0.717, 1.165) is 34.3 Å². The normalized spacial score (nSPS) is 20.5. The number of halogens is 2. The van der Waals surface area contributed by atoms with Crippen molar-refractivity contribution in [2.75, 3.05) is 18.5 Å². The van der Waals surface area contributed by atoms with Gasteiger partial charge in [-0.15, -0.1) is 0 Å². The molecule has 1 aromatic heterocycles. The second-order valence-electron chi connectivity index (χ2n) is 3.50. The monoisotopic (exact) mass is 334 g/mol. The van der Waals surface area contributed by atoms with E-state index in [2.05, 4.69) is 42.2 Å². The van der Waals surface area contributed by atoms with Gasteiger partial charge in [0.15, 0.2) is 0 Å². The van der Waals surface area contributed by atoms with Crippen LogP contribution < -0.4 is 5.32 Å². The Morgan fingerprint density at radius 2 is 2.40 bits per heavy atom. The van der Waals surface area contributed by atoms with Crippen molar-refractivity contribution < 1.29 is 4.74 Å². The highest BCUT2D eigenvalue weighted by atomic mass is 79.9. The minimum atomic E-state index is 0.336. The van der Waals surface area contributed by atoms with E-state index in [0.29, 0.717) is 6.10 Å². The minimum Gasteiger partial charge on any atom is -0.376 e. The Morgan fingerprint density at radius 1 is 1.53 bits per heavy atom. The first kappa shape index (κ1) is 11.4. The summed E-state index contributed by atoms with van der Waals surface area (Å²) < 4.78 is 7.46. The predicted molar refractivity (Wildman–Crippen MR) is 67.1 cm³/mol. The Labute approximate surface area is 106 Å². The molecule has 1 fully saturated rings. The van der Waals surface area contributed by atoms with Crippen molar-refractivity contribution in [2.45, 2.75) is 18.9 Å². The summed E-state index contributed by atoms with van der Waals surface area (Å²) in [7, 11) is 0. The van der Waals surface area contributed by atoms with E-state index in [1.807, 2.05) is 6.07 Å². The van der Waals surface area contributed by atoms with Crippen LogP contribution in [-0.4, -0.2) is 24.2 Å². The molecule has 1 aliphatic rings. The quantitative estimate of drug-likeness (QED) is 0.921. The first-order valence-electron chi connectivity index (χ1n) is 4.92. The van der Waals surface area contributed by atoms with Gasteiger partial charge in [-0.25, -0.2) is 4.98 Å². The molecule has 1 N–H and O–H groups in total. The third kappa shape index (κ3) is 3.16. The number of nitrogens with one attached hydrogen (secondary N) is 1. The van der Waals surface area contributed by atoms with E-state index in [9.17, 15) is 0 Å². The van der Waals surface area contributed by atoms with E-state index >= 15 is 0 Å². The Bertz CT molecular complexity index is 340. The summed E-state index contributed by atoms with van der Waals surface area (Å²) in [5.74, 6) is 0.869. The van der Waals surface area contributed by atoms with Crippen molar-refractivity contribution >= 4 is 37.7 Å². The smallest absolute Gasteiger partial charge is 0.140 e. The predicted octanol–water partition coefficient (Wildman–Crippen LogP) is 3.20. The zero-order chi connectivity index (χ0) is 10.7. The molecule has 2 heterocycles. The molecule has 15 heavy (non-hydrogen) atoms. The summed E-state index contributed by atoms with van der Waals surface area (Å²) in [4.78, 5) is 4.28. The number of hydrogen-bond donors (Lipinski definition) is 1. The third-order valence-electron chi connectivity index (χ3n) is 2.33. The fourth-order valence-electron chi connectivity index (χ4n) is 1.56. The van der Waals surface area contributed by atoms with Gasteiger partial charge in [0.05, 0.1) is 10.6 Å². The first-order valence-corrected chi connectivity index (χ1v) is 6.51. The molecule has 0 spiro atoms. The molecule has 82 valence electrons. The van der Waals surface area contributed by atoms with Gasteiger partial charge in [-0.2, -0.15) is 0 Å². The second-order valence-corrected chi connectivity index (χ2v) is 5.27. The third-order valence-corrected chi connectivity index (χ3v) is 3.37. The molecule has 2 rings (SSSR count). The molecule has 1 aromatic rings. The number of anilines is 1. The van der Waals surface area contributed by atoms with Crippen molar-refractivity contribution in [2.24, 2.45) is 0 Å². The SMILES string of the molecule is Brc1cnc(NCC2CCCO2)c(Br)c1. The zero-order valence-corrected chi connectivity index (χ0v) is 11.3. The molecule has 0 saturated carbocycles. The molecule has 1 saturated heterocycles. The summed E-state index contributed by atoms with van der Waals surface area (Å²) in [6.45, 7) is 1.72. The average molecular weight is 336 g/mol. The number of ether oxygens (including phenoxy) is 1. The van der Waals surface area contributed by atoms with Crippen LogP contribution in [0.1, 0.15) is 12.8 Å². The average Bonchev–Trinajstić information content (AvgIpc) is 2.69. The van der Waals surface area contributed by atoms with Crippen molar-refractivity contribution in [1.29, 1.82) is 0 Å². The standard InChI is InChI=1S/C10H12Br2N2O/c11-7-4-9(12)10(13-5-7)14-6-8-2-1-3-15-8/h4-5,8H,1-3,6H2,(H,13,14). The number of aromatic nitrogens is 1. The van der Waals surface area contributed by atoms with Crippen molar-refractivity contribution in [1.82, 2.24) is 4.98 Å². The van der Waals surface area contributed by atoms with Crippen molar-refractivity contribution in [3.05, 3.63) is 21.2 Å². The van der Waals surface area contributed by atoms with E-state index in [1.54, 1.807) is 6.20 Å². The number of hydrogen-bond acceptors (Lipinski definition) is 3. The van der Waals surface area contributed by atoms with Crippen LogP contribution in [0.2, 0.25) is 0 Å². The number of nitrogens with zero attached hydrogens (tertiary/aromatic N) is 1. The summed E-state index contributed by atoms with van der Waals surface area (Å²) in [6, 6.07) is 1.98. The summed E-state index contributed by atoms with van der Waals surface area (Å²) in [5, 5.41) is 3.28. The Balaban J connectivity index is 1.92. The topological polar surface area (TPSA) is 34.2 Å². The lowest BCUT2D eigenvalue weighted by Crippen LogP contribution is -2.19. The molecule has 0 bridgehead atoms. The second kappa shape index (κ2) is 5.27. The summed E-state index contributed by atoms with van der Waals surface area (Å²) in [5.41, 5.74) is 0. The van der Waals surface area contributed by atoms with Crippen molar-refractivity contribution in [3.63, 3.8) is 0 Å². The van der Waals surface area contributed by atoms with Gasteiger partial charge >= 0.3 is 0 Å². The van der Waals surface area contributed by atoms with Crippen LogP contribution in [0, 0.1) is 0 Å². The maximum Gasteiger partial charge on any atom is 0.140 e. The van der Waals surface area contributed by atoms with Gasteiger partial charge in [-0.1, -0.05) is 0 Å². The van der Waals surface area contributed by atoms with Crippen LogP contribution in [0.3, 0.4) is 0 Å². The lowest BCUT2D eigenvalue weighted by molar-refractivity contribution is 0.120. The van der Waals surface area contributed by atoms with Gasteiger partial charge in [0.2, 0.25) is 0 Å². The highest BCUT2D eigenvalue weighted by Gasteiger charge is 2.15. The Hall–Kier alpha value is -0.130. The highest BCUT2D eigenvalue weighted by molar-refractivity contribution is 9.11. The molecule has 0 aromatic carbocycles. The summed E-state index contributed by atoms with van der Waals surface area (Å²) >= 11 is 6.83. The molecule has 1 unspecified atom stereocenters. The molecule has 1 aliphatic heterocycles. The lowest BCUT2D eigenvalue weighted by atomic mass is 10.2. The Kier molecular flexibility index (Phi) is 3.99. The molecular formula is C10H12Br2N2O. The zero-order valence-electron chi connectivity index (χ0n) is 8.17. The van der Waals surface area contributed by atoms with Crippen molar-refractivity contribution in [3.8, 4) is 0 Å². The van der Waals surface area contributed by atoms with E-state index in [4.69, 9.17) is 4.74 Å². The molecule has 1 atom stereocenters. The van der Waals surface area contributed by atoms with Gasteiger partial charge in [-0.05, 0) is 50.8 Å². The first-order chi connectivity index (χ1) is 7.25. The molecule has 0 amide bonds. The molecule has 0 radical (unpaired) electrons. The van der Waals surface area contributed by atoms with Crippen LogP contribution in [0.15, 0.2) is 21.2 Å². The van der Waals surface area contributed by atoms with Gasteiger partial charge in [-0.3, -0.25) is 0 Å². The van der Waals surface area contributed by atoms with Gasteiger partial charge in [0.25, 0.3) is 0 Å². The lowest BCUT2D eigenvalue weighted by Gasteiger charge is -2.12. The van der Waals surface area contributed by atoms with Gasteiger partial charge < -0.3 is 10.1 Å². The van der Waals surface area contributed by atoms with E-state index < -0.39 is 0 Å². The molecule has 0 aliphatic carbocycles. The van der Waals surface area contributed by atoms with Crippen LogP contribution >= 0.6 is 31.9 Å². The maximum atomic E-state index is 5.52. The van der Waals surface area contributed by atoms with Crippen LogP contribution in [0.4, 0.5) is 5.82 Å². The molecule has 3 nitrogen and oxygen atoms in total. The van der Waals surface area contributed by atoms with Crippen LogP contribution in [0.25, 0.3) is 0 Å².